The Labute approximate surface area is 136 Å². The lowest BCUT2D eigenvalue weighted by atomic mass is 10.1. The van der Waals surface area contributed by atoms with Crippen LogP contribution in [0.5, 0.6) is 0 Å². The van der Waals surface area contributed by atoms with Gasteiger partial charge in [0.15, 0.2) is 0 Å². The third kappa shape index (κ3) is 3.33. The molecule has 1 aliphatic heterocycles. The smallest absolute Gasteiger partial charge is 0.299 e. The second kappa shape index (κ2) is 6.35. The summed E-state index contributed by atoms with van der Waals surface area (Å²) in [7, 11) is 0. The molecule has 5 nitrogen and oxygen atoms in total. The Morgan fingerprint density at radius 1 is 1.29 bits per heavy atom. The van der Waals surface area contributed by atoms with Gasteiger partial charge in [-0.25, -0.2) is 4.98 Å². The van der Waals surface area contributed by atoms with Crippen LogP contribution in [0.4, 0.5) is 13.2 Å². The lowest BCUT2D eigenvalue weighted by Gasteiger charge is -2.27. The van der Waals surface area contributed by atoms with Gasteiger partial charge in [-0.05, 0) is 25.0 Å². The number of fused-ring (bicyclic) bond motifs is 1. The van der Waals surface area contributed by atoms with Crippen LogP contribution in [0, 0.1) is 0 Å². The molecule has 8 heteroatoms. The minimum atomic E-state index is -4.40. The molecule has 24 heavy (non-hydrogen) atoms. The van der Waals surface area contributed by atoms with Crippen molar-refractivity contribution in [3.63, 3.8) is 0 Å². The van der Waals surface area contributed by atoms with Gasteiger partial charge in [-0.2, -0.15) is 13.2 Å². The maximum absolute atomic E-state index is 12.8. The number of alkyl halides is 3. The average Bonchev–Trinajstić information content (AvgIpc) is 2.55. The predicted octanol–water partition coefficient (Wildman–Crippen LogP) is 2.24. The topological polar surface area (TPSA) is 51.0 Å². The molecule has 0 radical (unpaired) electrons. The maximum Gasteiger partial charge on any atom is 0.417 e. The van der Waals surface area contributed by atoms with Gasteiger partial charge >= 0.3 is 6.18 Å². The Morgan fingerprint density at radius 2 is 2.08 bits per heavy atom. The molecular weight excluding hydrogens is 321 g/mol. The molecule has 128 valence electrons. The zero-order chi connectivity index (χ0) is 17.3. The van der Waals surface area contributed by atoms with E-state index in [4.69, 9.17) is 0 Å². The van der Waals surface area contributed by atoms with Gasteiger partial charge < -0.3 is 0 Å². The number of nitrogens with zero attached hydrogens (tertiary/aromatic N) is 4. The lowest BCUT2D eigenvalue weighted by molar-refractivity contribution is -0.137. The summed E-state index contributed by atoms with van der Waals surface area (Å²) in [4.78, 5) is 22.2. The van der Waals surface area contributed by atoms with Crippen molar-refractivity contribution in [3.05, 3.63) is 57.5 Å². The van der Waals surface area contributed by atoms with Crippen LogP contribution in [0.2, 0.25) is 0 Å². The van der Waals surface area contributed by atoms with Gasteiger partial charge in [-0.15, -0.1) is 0 Å². The largest absolute Gasteiger partial charge is 0.417 e. The van der Waals surface area contributed by atoms with Gasteiger partial charge in [0.1, 0.15) is 0 Å². The first kappa shape index (κ1) is 16.6. The van der Waals surface area contributed by atoms with E-state index in [0.717, 1.165) is 12.3 Å². The summed E-state index contributed by atoms with van der Waals surface area (Å²) in [5, 5.41) is 0. The third-order valence-electron chi connectivity index (χ3n) is 4.14. The summed E-state index contributed by atoms with van der Waals surface area (Å²) in [5.41, 5.74) is 1.13. The molecule has 1 aliphatic rings. The van der Waals surface area contributed by atoms with E-state index in [1.807, 2.05) is 11.8 Å². The number of hydrogen-bond donors (Lipinski definition) is 0. The van der Waals surface area contributed by atoms with E-state index in [9.17, 15) is 18.0 Å². The molecular formula is C16H17F3N4O. The van der Waals surface area contributed by atoms with Crippen LogP contribution >= 0.6 is 0 Å². The van der Waals surface area contributed by atoms with Gasteiger partial charge in [0.2, 0.25) is 0 Å². The summed E-state index contributed by atoms with van der Waals surface area (Å²) in [5.74, 6) is 0. The summed E-state index contributed by atoms with van der Waals surface area (Å²) in [6.07, 6.45) is -0.0633. The number of pyridine rings is 1. The number of aryl methyl sites for hydroxylation is 1. The summed E-state index contributed by atoms with van der Waals surface area (Å²) in [6, 6.07) is 1.12. The Bertz CT molecular complexity index is 801. The van der Waals surface area contributed by atoms with E-state index in [-0.39, 0.29) is 5.56 Å². The van der Waals surface area contributed by atoms with Crippen molar-refractivity contribution in [2.45, 2.75) is 39.2 Å². The van der Waals surface area contributed by atoms with E-state index in [1.54, 1.807) is 4.57 Å². The highest BCUT2D eigenvalue weighted by atomic mass is 19.4. The highest BCUT2D eigenvalue weighted by Crippen LogP contribution is 2.29. The fourth-order valence-corrected chi connectivity index (χ4v) is 2.86. The van der Waals surface area contributed by atoms with Gasteiger partial charge in [-0.3, -0.25) is 19.2 Å². The first-order valence-corrected chi connectivity index (χ1v) is 7.69. The number of halogens is 3. The molecule has 0 bridgehead atoms. The number of hydrogen-bond acceptors (Lipinski definition) is 4. The summed E-state index contributed by atoms with van der Waals surface area (Å²) in [6.45, 7) is 3.85. The van der Waals surface area contributed by atoms with E-state index < -0.39 is 11.7 Å². The van der Waals surface area contributed by atoms with Crippen LogP contribution in [0.3, 0.4) is 0 Å². The molecule has 0 saturated carbocycles. The SMILES string of the molecule is CCn1cnc2c(c1=O)CCN(Cc1cncc(C(F)(F)F)c1)C2. The molecule has 0 aromatic carbocycles. The average molecular weight is 338 g/mol. The maximum atomic E-state index is 12.8. The van der Waals surface area contributed by atoms with E-state index in [1.165, 1.54) is 12.5 Å². The highest BCUT2D eigenvalue weighted by molar-refractivity contribution is 5.23. The molecule has 2 aromatic rings. The fraction of sp³-hybridized carbons (Fsp3) is 0.438. The Balaban J connectivity index is 1.77. The molecule has 0 unspecified atom stereocenters. The molecule has 0 aliphatic carbocycles. The van der Waals surface area contributed by atoms with E-state index in [0.29, 0.717) is 49.4 Å². The zero-order valence-electron chi connectivity index (χ0n) is 13.2. The molecule has 0 atom stereocenters. The van der Waals surface area contributed by atoms with Crippen molar-refractivity contribution in [2.75, 3.05) is 6.54 Å². The van der Waals surface area contributed by atoms with Crippen molar-refractivity contribution in [1.29, 1.82) is 0 Å². The summed E-state index contributed by atoms with van der Waals surface area (Å²) < 4.78 is 39.8. The number of rotatable bonds is 3. The van der Waals surface area contributed by atoms with Crippen molar-refractivity contribution in [2.24, 2.45) is 0 Å². The van der Waals surface area contributed by atoms with Gasteiger partial charge in [0.05, 0.1) is 17.6 Å². The van der Waals surface area contributed by atoms with Crippen molar-refractivity contribution in [3.8, 4) is 0 Å². The zero-order valence-corrected chi connectivity index (χ0v) is 13.2. The van der Waals surface area contributed by atoms with Crippen LogP contribution in [0.1, 0.15) is 29.3 Å². The second-order valence-electron chi connectivity index (χ2n) is 5.80. The molecule has 3 heterocycles. The van der Waals surface area contributed by atoms with Gasteiger partial charge in [0.25, 0.3) is 5.56 Å². The van der Waals surface area contributed by atoms with Crippen molar-refractivity contribution >= 4 is 0 Å². The Kier molecular flexibility index (Phi) is 4.40. The first-order chi connectivity index (χ1) is 11.4. The van der Waals surface area contributed by atoms with Crippen LogP contribution in [-0.4, -0.2) is 26.0 Å². The summed E-state index contributed by atoms with van der Waals surface area (Å²) >= 11 is 0. The highest BCUT2D eigenvalue weighted by Gasteiger charge is 2.31. The predicted molar refractivity (Wildman–Crippen MR) is 81.2 cm³/mol. The third-order valence-corrected chi connectivity index (χ3v) is 4.14. The molecule has 0 N–H and O–H groups in total. The lowest BCUT2D eigenvalue weighted by Crippen LogP contribution is -2.36. The Hall–Kier alpha value is -2.22. The minimum absolute atomic E-state index is 0.0251. The first-order valence-electron chi connectivity index (χ1n) is 7.69. The second-order valence-corrected chi connectivity index (χ2v) is 5.80. The molecule has 3 rings (SSSR count). The quantitative estimate of drug-likeness (QED) is 0.861. The number of aromatic nitrogens is 3. The van der Waals surface area contributed by atoms with Crippen molar-refractivity contribution in [1.82, 2.24) is 19.4 Å². The normalized spacial score (nSPS) is 15.3. The Morgan fingerprint density at radius 3 is 2.79 bits per heavy atom. The monoisotopic (exact) mass is 338 g/mol. The fourth-order valence-electron chi connectivity index (χ4n) is 2.86. The van der Waals surface area contributed by atoms with Crippen LogP contribution in [0.25, 0.3) is 0 Å². The molecule has 0 fully saturated rings. The van der Waals surface area contributed by atoms with Gasteiger partial charge in [-0.1, -0.05) is 0 Å². The molecule has 0 saturated heterocycles. The molecule has 0 spiro atoms. The molecule has 0 amide bonds. The van der Waals surface area contributed by atoms with Gasteiger partial charge in [0, 0.05) is 44.1 Å². The van der Waals surface area contributed by atoms with E-state index in [2.05, 4.69) is 9.97 Å². The minimum Gasteiger partial charge on any atom is -0.299 e. The van der Waals surface area contributed by atoms with Crippen LogP contribution < -0.4 is 5.56 Å². The van der Waals surface area contributed by atoms with E-state index >= 15 is 0 Å². The van der Waals surface area contributed by atoms with Crippen LogP contribution in [0.15, 0.2) is 29.6 Å². The van der Waals surface area contributed by atoms with Crippen molar-refractivity contribution < 1.29 is 13.2 Å². The standard InChI is InChI=1S/C16H17F3N4O/c1-2-23-10-21-14-9-22(4-3-13(14)15(23)24)8-11-5-12(7-20-6-11)16(17,18)19/h5-7,10H,2-4,8-9H2,1H3. The van der Waals surface area contributed by atoms with Crippen LogP contribution in [-0.2, 0) is 32.2 Å². The molecule has 2 aromatic heterocycles.